The van der Waals surface area contributed by atoms with Crippen LogP contribution in [0.4, 0.5) is 0 Å². The van der Waals surface area contributed by atoms with E-state index < -0.39 is 0 Å². The van der Waals surface area contributed by atoms with Crippen molar-refractivity contribution < 1.29 is 0 Å². The van der Waals surface area contributed by atoms with Crippen LogP contribution in [0.5, 0.6) is 0 Å². The number of nitrogens with one attached hydrogen (secondary N) is 1. The summed E-state index contributed by atoms with van der Waals surface area (Å²) in [6.07, 6.45) is 1.70. The van der Waals surface area contributed by atoms with Gasteiger partial charge in [0.2, 0.25) is 0 Å². The van der Waals surface area contributed by atoms with Gasteiger partial charge in [-0.15, -0.1) is 11.3 Å². The van der Waals surface area contributed by atoms with E-state index in [2.05, 4.69) is 36.6 Å². The van der Waals surface area contributed by atoms with Gasteiger partial charge in [0.25, 0.3) is 0 Å². The molecule has 0 spiro atoms. The summed E-state index contributed by atoms with van der Waals surface area (Å²) in [7, 11) is 0. The van der Waals surface area contributed by atoms with Crippen LogP contribution in [0.3, 0.4) is 0 Å². The maximum atomic E-state index is 6.44. The van der Waals surface area contributed by atoms with E-state index in [1.165, 1.54) is 0 Å². The monoisotopic (exact) mass is 331 g/mol. The van der Waals surface area contributed by atoms with Crippen molar-refractivity contribution in [3.63, 3.8) is 0 Å². The molecule has 2 aromatic rings. The minimum Gasteiger partial charge on any atom is -0.304 e. The van der Waals surface area contributed by atoms with Crippen LogP contribution in [0.1, 0.15) is 49.0 Å². The first-order chi connectivity index (χ1) is 9.47. The predicted octanol–water partition coefficient (Wildman–Crippen LogP) is 4.84. The maximum Gasteiger partial charge on any atom is 0.0872 e. The van der Waals surface area contributed by atoms with Crippen LogP contribution in [-0.2, 0) is 0 Å². The normalized spacial score (nSPS) is 13.2. The summed E-state index contributed by atoms with van der Waals surface area (Å²) in [4.78, 5) is 1.09. The average molecular weight is 332 g/mol. The van der Waals surface area contributed by atoms with Gasteiger partial charge in [0.05, 0.1) is 28.0 Å². The number of aromatic nitrogens is 2. The average Bonchev–Trinajstić information content (AvgIpc) is 2.92. The van der Waals surface area contributed by atoms with Crippen molar-refractivity contribution in [1.82, 2.24) is 15.1 Å². The molecule has 1 atom stereocenters. The fraction of sp³-hybridized carbons (Fsp3) is 0.500. The first kappa shape index (κ1) is 15.8. The second-order valence-corrected chi connectivity index (χ2v) is 6.70. The van der Waals surface area contributed by atoms with Gasteiger partial charge in [-0.2, -0.15) is 5.10 Å². The Labute approximate surface area is 133 Å². The topological polar surface area (TPSA) is 29.9 Å². The molecule has 2 heterocycles. The summed E-state index contributed by atoms with van der Waals surface area (Å²) in [5.41, 5.74) is 2.08. The lowest BCUT2D eigenvalue weighted by Gasteiger charge is -2.21. The maximum absolute atomic E-state index is 6.44. The molecule has 0 bridgehead atoms. The first-order valence-electron chi connectivity index (χ1n) is 6.67. The lowest BCUT2D eigenvalue weighted by molar-refractivity contribution is 0.478. The largest absolute Gasteiger partial charge is 0.304 e. The van der Waals surface area contributed by atoms with Gasteiger partial charge in [0.15, 0.2) is 0 Å². The zero-order valence-corrected chi connectivity index (χ0v) is 14.4. The highest BCUT2D eigenvalue weighted by atomic mass is 35.5. The predicted molar refractivity (Wildman–Crippen MR) is 87.2 cm³/mol. The van der Waals surface area contributed by atoms with Crippen LogP contribution in [0.15, 0.2) is 11.6 Å². The molecular formula is C14H19Cl2N3S. The number of aryl methyl sites for hydroxylation is 1. The second kappa shape index (κ2) is 6.48. The molecule has 0 radical (unpaired) electrons. The Morgan fingerprint density at radius 3 is 2.60 bits per heavy atom. The zero-order valence-electron chi connectivity index (χ0n) is 12.1. The number of nitrogens with zero attached hydrogens (tertiary/aromatic N) is 2. The van der Waals surface area contributed by atoms with E-state index in [-0.39, 0.29) is 12.1 Å². The molecule has 0 aliphatic heterocycles. The molecule has 20 heavy (non-hydrogen) atoms. The molecule has 2 aromatic heterocycles. The number of hydrogen-bond donors (Lipinski definition) is 1. The van der Waals surface area contributed by atoms with Crippen molar-refractivity contribution in [3.8, 4) is 0 Å². The van der Waals surface area contributed by atoms with E-state index >= 15 is 0 Å². The van der Waals surface area contributed by atoms with E-state index in [1.54, 1.807) is 17.5 Å². The number of hydrogen-bond acceptors (Lipinski definition) is 3. The summed E-state index contributed by atoms with van der Waals surface area (Å²) in [5.74, 6) is 0. The fourth-order valence-electron chi connectivity index (χ4n) is 2.19. The molecule has 3 nitrogen and oxygen atoms in total. The third kappa shape index (κ3) is 2.89. The van der Waals surface area contributed by atoms with Crippen LogP contribution >= 0.6 is 34.5 Å². The van der Waals surface area contributed by atoms with Crippen LogP contribution in [0, 0.1) is 6.92 Å². The van der Waals surface area contributed by atoms with Gasteiger partial charge in [-0.3, -0.25) is 4.68 Å². The van der Waals surface area contributed by atoms with Crippen molar-refractivity contribution in [2.24, 2.45) is 0 Å². The lowest BCUT2D eigenvalue weighted by atomic mass is 10.1. The highest BCUT2D eigenvalue weighted by Crippen LogP contribution is 2.38. The molecule has 0 saturated heterocycles. The van der Waals surface area contributed by atoms with Gasteiger partial charge in [0, 0.05) is 10.9 Å². The van der Waals surface area contributed by atoms with Gasteiger partial charge < -0.3 is 5.32 Å². The number of halogens is 2. The summed E-state index contributed by atoms with van der Waals surface area (Å²) in [5, 5.41) is 11.4. The Bertz CT molecular complexity index is 589. The molecule has 0 aliphatic rings. The summed E-state index contributed by atoms with van der Waals surface area (Å²) in [6, 6.07) is 0.224. The third-order valence-electron chi connectivity index (χ3n) is 3.15. The van der Waals surface area contributed by atoms with E-state index in [1.807, 2.05) is 11.6 Å². The highest BCUT2D eigenvalue weighted by Gasteiger charge is 2.26. The van der Waals surface area contributed by atoms with E-state index in [0.29, 0.717) is 5.02 Å². The molecule has 0 aromatic carbocycles. The molecular weight excluding hydrogens is 313 g/mol. The van der Waals surface area contributed by atoms with Crippen molar-refractivity contribution in [2.75, 3.05) is 6.54 Å². The molecule has 1 N–H and O–H groups in total. The van der Waals surface area contributed by atoms with E-state index in [9.17, 15) is 0 Å². The summed E-state index contributed by atoms with van der Waals surface area (Å²) >= 11 is 14.5. The Hall–Kier alpha value is -0.550. The third-order valence-corrected chi connectivity index (χ3v) is 5.22. The molecule has 0 amide bonds. The van der Waals surface area contributed by atoms with Crippen molar-refractivity contribution in [2.45, 2.75) is 39.8 Å². The van der Waals surface area contributed by atoms with Crippen molar-refractivity contribution in [3.05, 3.63) is 37.8 Å². The molecule has 2 rings (SSSR count). The molecule has 0 fully saturated rings. The molecule has 0 aliphatic carbocycles. The van der Waals surface area contributed by atoms with Gasteiger partial charge in [-0.05, 0) is 38.3 Å². The van der Waals surface area contributed by atoms with Gasteiger partial charge >= 0.3 is 0 Å². The highest BCUT2D eigenvalue weighted by molar-refractivity contribution is 7.10. The zero-order chi connectivity index (χ0) is 14.9. The summed E-state index contributed by atoms with van der Waals surface area (Å²) in [6.45, 7) is 9.11. The smallest absolute Gasteiger partial charge is 0.0872 e. The standard InChI is InChI=1S/C14H19Cl2N3S/c1-5-17-12(14-11(16)9(4)7-20-14)13-10(15)6-18-19(13)8(2)3/h6-8,12,17H,5H2,1-4H3. The Balaban J connectivity index is 2.54. The molecule has 6 heteroatoms. The van der Waals surface area contributed by atoms with Gasteiger partial charge in [-0.25, -0.2) is 0 Å². The number of thiophene rings is 1. The van der Waals surface area contributed by atoms with Crippen LogP contribution in [-0.4, -0.2) is 16.3 Å². The van der Waals surface area contributed by atoms with Gasteiger partial charge in [0.1, 0.15) is 0 Å². The quantitative estimate of drug-likeness (QED) is 0.849. The SMILES string of the molecule is CCNC(c1scc(C)c1Cl)c1c(Cl)cnn1C(C)C. The van der Waals surface area contributed by atoms with Crippen molar-refractivity contribution in [1.29, 1.82) is 0 Å². The minimum absolute atomic E-state index is 0.0244. The molecule has 0 saturated carbocycles. The first-order valence-corrected chi connectivity index (χ1v) is 8.30. The molecule has 110 valence electrons. The van der Waals surface area contributed by atoms with E-state index in [4.69, 9.17) is 23.2 Å². The Kier molecular flexibility index (Phi) is 5.13. The number of rotatable bonds is 5. The second-order valence-electron chi connectivity index (χ2n) is 5.00. The van der Waals surface area contributed by atoms with Crippen LogP contribution in [0.25, 0.3) is 0 Å². The lowest BCUT2D eigenvalue weighted by Crippen LogP contribution is -2.25. The van der Waals surface area contributed by atoms with E-state index in [0.717, 1.165) is 27.7 Å². The molecule has 1 unspecified atom stereocenters. The fourth-order valence-corrected chi connectivity index (χ4v) is 3.81. The Morgan fingerprint density at radius 1 is 1.40 bits per heavy atom. The minimum atomic E-state index is -0.0244. The van der Waals surface area contributed by atoms with Crippen LogP contribution < -0.4 is 5.32 Å². The Morgan fingerprint density at radius 2 is 2.10 bits per heavy atom. The van der Waals surface area contributed by atoms with Crippen molar-refractivity contribution >= 4 is 34.5 Å². The van der Waals surface area contributed by atoms with Gasteiger partial charge in [-0.1, -0.05) is 30.1 Å². The summed E-state index contributed by atoms with van der Waals surface area (Å²) < 4.78 is 1.96. The van der Waals surface area contributed by atoms with Crippen LogP contribution in [0.2, 0.25) is 10.0 Å².